The Morgan fingerprint density at radius 1 is 1.31 bits per heavy atom. The quantitative estimate of drug-likeness (QED) is 0.506. The van der Waals surface area contributed by atoms with Crippen LogP contribution < -0.4 is 10.0 Å². The molecule has 0 radical (unpaired) electrons. The molecule has 1 amide bonds. The van der Waals surface area contributed by atoms with Crippen LogP contribution in [0.2, 0.25) is 0 Å². The van der Waals surface area contributed by atoms with Crippen LogP contribution in [0, 0.1) is 17.3 Å². The van der Waals surface area contributed by atoms with E-state index in [1.54, 1.807) is 18.7 Å². The van der Waals surface area contributed by atoms with Crippen LogP contribution >= 0.6 is 0 Å². The summed E-state index contributed by atoms with van der Waals surface area (Å²) in [7, 11) is -7.93. The number of amides is 1. The molecule has 35 heavy (non-hydrogen) atoms. The largest absolute Gasteiger partial charge is 0.511 e. The lowest BCUT2D eigenvalue weighted by atomic mass is 9.78. The van der Waals surface area contributed by atoms with Gasteiger partial charge in [0.2, 0.25) is 10.0 Å². The van der Waals surface area contributed by atoms with Crippen molar-refractivity contribution < 1.29 is 26.7 Å². The molecule has 0 spiro atoms. The number of carbonyl (C=O) groups excluding carboxylic acids is 1. The lowest BCUT2D eigenvalue weighted by molar-refractivity contribution is -0.132. The molecular formula is C23H28N4O6S2. The SMILES string of the molecule is CC#CCC1(C)CN(C2CCCC2)C(=O)C(C2=NS(=O)(=O)c3cc(NS(C)(=O)=O)ccc3N2)=C1O. The van der Waals surface area contributed by atoms with Crippen LogP contribution in [0.15, 0.2) is 38.8 Å². The molecule has 0 saturated heterocycles. The van der Waals surface area contributed by atoms with E-state index in [4.69, 9.17) is 0 Å². The minimum absolute atomic E-state index is 0.00257. The van der Waals surface area contributed by atoms with Crippen molar-refractivity contribution in [1.29, 1.82) is 0 Å². The number of rotatable bonds is 5. The van der Waals surface area contributed by atoms with Crippen molar-refractivity contribution in [2.75, 3.05) is 22.8 Å². The fourth-order valence-electron chi connectivity index (χ4n) is 4.76. The van der Waals surface area contributed by atoms with Gasteiger partial charge >= 0.3 is 0 Å². The molecule has 3 aliphatic rings. The smallest absolute Gasteiger partial charge is 0.286 e. The summed E-state index contributed by atoms with van der Waals surface area (Å²) in [6, 6.07) is 3.93. The predicted octanol–water partition coefficient (Wildman–Crippen LogP) is 2.59. The van der Waals surface area contributed by atoms with Gasteiger partial charge in [0, 0.05) is 24.7 Å². The molecule has 0 bridgehead atoms. The Morgan fingerprint density at radius 2 is 2.00 bits per heavy atom. The highest BCUT2D eigenvalue weighted by molar-refractivity contribution is 7.92. The van der Waals surface area contributed by atoms with Gasteiger partial charge in [0.05, 0.1) is 17.4 Å². The van der Waals surface area contributed by atoms with Crippen molar-refractivity contribution in [3.8, 4) is 11.8 Å². The van der Waals surface area contributed by atoms with E-state index >= 15 is 0 Å². The summed E-state index contributed by atoms with van der Waals surface area (Å²) in [5.74, 6) is 4.81. The predicted molar refractivity (Wildman–Crippen MR) is 133 cm³/mol. The Labute approximate surface area is 205 Å². The summed E-state index contributed by atoms with van der Waals surface area (Å²) in [4.78, 5) is 15.1. The molecule has 1 aliphatic carbocycles. The molecule has 1 aromatic carbocycles. The fraction of sp³-hybridized carbons (Fsp3) is 0.478. The molecule has 2 heterocycles. The van der Waals surface area contributed by atoms with E-state index in [1.807, 2.05) is 0 Å². The maximum Gasteiger partial charge on any atom is 0.286 e. The average Bonchev–Trinajstić information content (AvgIpc) is 3.29. The van der Waals surface area contributed by atoms with Crippen molar-refractivity contribution in [3.63, 3.8) is 0 Å². The van der Waals surface area contributed by atoms with Crippen LogP contribution in [-0.2, 0) is 24.8 Å². The van der Waals surface area contributed by atoms with E-state index < -0.39 is 31.4 Å². The zero-order valence-corrected chi connectivity index (χ0v) is 21.4. The number of anilines is 2. The summed E-state index contributed by atoms with van der Waals surface area (Å²) in [6.07, 6.45) is 4.91. The lowest BCUT2D eigenvalue weighted by Crippen LogP contribution is -2.52. The number of benzene rings is 1. The fourth-order valence-corrected chi connectivity index (χ4v) is 6.46. The zero-order chi connectivity index (χ0) is 25.6. The molecular weight excluding hydrogens is 492 g/mol. The van der Waals surface area contributed by atoms with E-state index in [0.29, 0.717) is 0 Å². The average molecular weight is 521 g/mol. The maximum absolute atomic E-state index is 13.6. The second-order valence-electron chi connectivity index (χ2n) is 9.38. The second-order valence-corrected chi connectivity index (χ2v) is 12.7. The van der Waals surface area contributed by atoms with Crippen LogP contribution in [-0.4, -0.2) is 57.4 Å². The normalized spacial score (nSPS) is 24.3. The maximum atomic E-state index is 13.6. The summed E-state index contributed by atoms with van der Waals surface area (Å²) in [6.45, 7) is 3.77. The zero-order valence-electron chi connectivity index (χ0n) is 19.8. The highest BCUT2D eigenvalue weighted by Crippen LogP contribution is 2.41. The number of aliphatic hydroxyl groups excluding tert-OH is 1. The molecule has 4 rings (SSSR count). The van der Waals surface area contributed by atoms with Gasteiger partial charge < -0.3 is 15.3 Å². The van der Waals surface area contributed by atoms with Crippen LogP contribution in [0.4, 0.5) is 11.4 Å². The van der Waals surface area contributed by atoms with Gasteiger partial charge in [-0.2, -0.15) is 8.42 Å². The van der Waals surface area contributed by atoms with Crippen molar-refractivity contribution >= 4 is 43.2 Å². The highest BCUT2D eigenvalue weighted by Gasteiger charge is 2.47. The van der Waals surface area contributed by atoms with Gasteiger partial charge in [0.1, 0.15) is 16.2 Å². The monoisotopic (exact) mass is 520 g/mol. The Bertz CT molecular complexity index is 1410. The minimum Gasteiger partial charge on any atom is -0.511 e. The molecule has 10 nitrogen and oxygen atoms in total. The molecule has 1 atom stereocenters. The van der Waals surface area contributed by atoms with Gasteiger partial charge in [-0.3, -0.25) is 9.52 Å². The molecule has 188 valence electrons. The second kappa shape index (κ2) is 8.87. The van der Waals surface area contributed by atoms with E-state index in [2.05, 4.69) is 26.3 Å². The summed E-state index contributed by atoms with van der Waals surface area (Å²) in [5, 5.41) is 14.1. The van der Waals surface area contributed by atoms with E-state index in [9.17, 15) is 26.7 Å². The summed E-state index contributed by atoms with van der Waals surface area (Å²) >= 11 is 0. The number of sulfonamides is 2. The van der Waals surface area contributed by atoms with E-state index in [-0.39, 0.29) is 52.4 Å². The minimum atomic E-state index is -4.31. The van der Waals surface area contributed by atoms with Gasteiger partial charge in [0.15, 0.2) is 5.84 Å². The van der Waals surface area contributed by atoms with Gasteiger partial charge in [-0.25, -0.2) is 8.42 Å². The van der Waals surface area contributed by atoms with Gasteiger partial charge in [-0.05, 0) is 44.9 Å². The number of fused-ring (bicyclic) bond motifs is 1. The van der Waals surface area contributed by atoms with E-state index in [1.165, 1.54) is 12.1 Å². The number of nitrogens with one attached hydrogen (secondary N) is 2. The topological polar surface area (TPSA) is 145 Å². The summed E-state index contributed by atoms with van der Waals surface area (Å²) < 4.78 is 55.3. The number of nitrogens with zero attached hydrogens (tertiary/aromatic N) is 2. The van der Waals surface area contributed by atoms with Crippen LogP contribution in [0.5, 0.6) is 0 Å². The first-order valence-corrected chi connectivity index (χ1v) is 14.6. The summed E-state index contributed by atoms with van der Waals surface area (Å²) in [5.41, 5.74) is -0.901. The first kappa shape index (κ1) is 25.1. The first-order chi connectivity index (χ1) is 16.3. The molecule has 3 N–H and O–H groups in total. The van der Waals surface area contributed by atoms with E-state index in [0.717, 1.165) is 38.0 Å². The van der Waals surface area contributed by atoms with Crippen molar-refractivity contribution in [2.24, 2.45) is 9.81 Å². The van der Waals surface area contributed by atoms with Crippen LogP contribution in [0.3, 0.4) is 0 Å². The van der Waals surface area contributed by atoms with Gasteiger partial charge in [-0.15, -0.1) is 16.2 Å². The highest BCUT2D eigenvalue weighted by atomic mass is 32.2. The third-order valence-corrected chi connectivity index (χ3v) is 8.41. The Kier molecular flexibility index (Phi) is 6.36. The third kappa shape index (κ3) is 4.88. The number of amidine groups is 1. The molecule has 2 aliphatic heterocycles. The van der Waals surface area contributed by atoms with Crippen molar-refractivity contribution in [2.45, 2.75) is 56.9 Å². The Morgan fingerprint density at radius 3 is 2.63 bits per heavy atom. The van der Waals surface area contributed by atoms with Crippen LogP contribution in [0.1, 0.15) is 46.0 Å². The standard InChI is InChI=1S/C23H28N4O6S2/c1-4-5-12-23(2)14-27(16-8-6-7-9-16)22(29)19(20(23)28)21-24-17-11-10-15(25-34(3,30)31)13-18(17)35(32,33)26-21/h10-11,13,16,25,28H,6-9,12,14H2,1-3H3,(H,24,26). The molecule has 12 heteroatoms. The Hall–Kier alpha value is -3.04. The van der Waals surface area contributed by atoms with Gasteiger partial charge in [-0.1, -0.05) is 12.8 Å². The first-order valence-electron chi connectivity index (χ1n) is 11.2. The number of carbonyl (C=O) groups is 1. The molecule has 1 saturated carbocycles. The Balaban J connectivity index is 1.80. The number of aliphatic hydroxyl groups is 1. The van der Waals surface area contributed by atoms with Gasteiger partial charge in [0.25, 0.3) is 15.9 Å². The molecule has 1 fully saturated rings. The lowest BCUT2D eigenvalue weighted by Gasteiger charge is -2.43. The molecule has 1 unspecified atom stereocenters. The molecule has 0 aromatic heterocycles. The number of hydrogen-bond acceptors (Lipinski definition) is 7. The van der Waals surface area contributed by atoms with Crippen molar-refractivity contribution in [1.82, 2.24) is 4.90 Å². The third-order valence-electron chi connectivity index (χ3n) is 6.49. The molecule has 1 aromatic rings. The number of hydrogen-bond donors (Lipinski definition) is 3. The van der Waals surface area contributed by atoms with Crippen molar-refractivity contribution in [3.05, 3.63) is 29.5 Å². The van der Waals surface area contributed by atoms with Crippen LogP contribution in [0.25, 0.3) is 0 Å².